The van der Waals surface area contributed by atoms with E-state index in [1.807, 2.05) is 0 Å². The molecule has 1 rings (SSSR count). The molecule has 0 aromatic heterocycles. The number of carbonyl (C=O) groups is 3. The third-order valence-corrected chi connectivity index (χ3v) is 1.96. The summed E-state index contributed by atoms with van der Waals surface area (Å²) in [7, 11) is 0. The molecule has 0 aromatic rings. The Kier molecular flexibility index (Phi) is 4.45. The lowest BCUT2D eigenvalue weighted by atomic mass is 10.2. The first-order valence-corrected chi connectivity index (χ1v) is 5.03. The van der Waals surface area contributed by atoms with Gasteiger partial charge in [-0.2, -0.15) is 0 Å². The molecular formula is C10H14O7. The Labute approximate surface area is 98.0 Å². The summed E-state index contributed by atoms with van der Waals surface area (Å²) in [6.07, 6.45) is -2.73. The smallest absolute Gasteiger partial charge is 0.305 e. The van der Waals surface area contributed by atoms with Gasteiger partial charge in [0.25, 0.3) is 0 Å². The average molecular weight is 246 g/mol. The van der Waals surface area contributed by atoms with Gasteiger partial charge in [0.15, 0.2) is 6.10 Å². The van der Waals surface area contributed by atoms with Crippen LogP contribution in [0.5, 0.6) is 0 Å². The first-order valence-electron chi connectivity index (χ1n) is 5.03. The molecule has 0 aromatic carbocycles. The maximum Gasteiger partial charge on any atom is 0.305 e. The Morgan fingerprint density at radius 2 is 1.47 bits per heavy atom. The maximum atomic E-state index is 10.9. The lowest BCUT2D eigenvalue weighted by molar-refractivity contribution is -0.192. The summed E-state index contributed by atoms with van der Waals surface area (Å²) in [6.45, 7) is 3.64. The zero-order valence-electron chi connectivity index (χ0n) is 9.80. The summed E-state index contributed by atoms with van der Waals surface area (Å²) in [5.41, 5.74) is 0. The van der Waals surface area contributed by atoms with Crippen molar-refractivity contribution < 1.29 is 33.3 Å². The quantitative estimate of drug-likeness (QED) is 0.502. The monoisotopic (exact) mass is 246 g/mol. The minimum absolute atomic E-state index is 0.00940. The molecule has 3 unspecified atom stereocenters. The summed E-state index contributed by atoms with van der Waals surface area (Å²) >= 11 is 0. The van der Waals surface area contributed by atoms with Gasteiger partial charge < -0.3 is 18.9 Å². The third-order valence-electron chi connectivity index (χ3n) is 1.96. The zero-order valence-corrected chi connectivity index (χ0v) is 9.80. The second-order valence-electron chi connectivity index (χ2n) is 3.53. The van der Waals surface area contributed by atoms with E-state index in [0.29, 0.717) is 0 Å². The van der Waals surface area contributed by atoms with Crippen LogP contribution in [-0.4, -0.2) is 43.0 Å². The number of carbonyl (C=O) groups excluding carboxylic acids is 3. The summed E-state index contributed by atoms with van der Waals surface area (Å²) in [4.78, 5) is 32.5. The molecule has 0 aliphatic carbocycles. The summed E-state index contributed by atoms with van der Waals surface area (Å²) in [5.74, 6) is -1.68. The lowest BCUT2D eigenvalue weighted by Gasteiger charge is -2.21. The molecule has 0 saturated carbocycles. The highest BCUT2D eigenvalue weighted by molar-refractivity contribution is 5.68. The molecule has 17 heavy (non-hydrogen) atoms. The molecule has 0 bridgehead atoms. The first-order chi connectivity index (χ1) is 7.90. The van der Waals surface area contributed by atoms with E-state index in [0.717, 1.165) is 0 Å². The van der Waals surface area contributed by atoms with Crippen LogP contribution in [0.4, 0.5) is 0 Å². The average Bonchev–Trinajstić information content (AvgIpc) is 2.47. The molecule has 1 aliphatic heterocycles. The molecule has 1 saturated heterocycles. The molecule has 0 radical (unpaired) electrons. The highest BCUT2D eigenvalue weighted by Gasteiger charge is 2.44. The van der Waals surface area contributed by atoms with Crippen LogP contribution in [0.25, 0.3) is 0 Å². The molecule has 1 fully saturated rings. The summed E-state index contributed by atoms with van der Waals surface area (Å²) in [5, 5.41) is 0. The van der Waals surface area contributed by atoms with Gasteiger partial charge in [0, 0.05) is 20.8 Å². The maximum absolute atomic E-state index is 10.9. The van der Waals surface area contributed by atoms with Crippen LogP contribution < -0.4 is 0 Å². The Hall–Kier alpha value is -1.63. The molecule has 7 heteroatoms. The largest absolute Gasteiger partial charge is 0.456 e. The van der Waals surface area contributed by atoms with Crippen molar-refractivity contribution in [2.75, 3.05) is 6.61 Å². The molecule has 1 heterocycles. The number of esters is 3. The van der Waals surface area contributed by atoms with Crippen LogP contribution in [0.2, 0.25) is 0 Å². The van der Waals surface area contributed by atoms with Crippen molar-refractivity contribution in [3.63, 3.8) is 0 Å². The molecule has 0 amide bonds. The molecule has 7 nitrogen and oxygen atoms in total. The van der Waals surface area contributed by atoms with Crippen molar-refractivity contribution in [1.29, 1.82) is 0 Å². The number of ether oxygens (including phenoxy) is 4. The fraction of sp³-hybridized carbons (Fsp3) is 0.700. The number of hydrogen-bond acceptors (Lipinski definition) is 7. The molecule has 0 N–H and O–H groups in total. The van der Waals surface area contributed by atoms with Gasteiger partial charge in [-0.25, -0.2) is 0 Å². The second-order valence-corrected chi connectivity index (χ2v) is 3.53. The minimum atomic E-state index is -1.04. The van der Waals surface area contributed by atoms with E-state index >= 15 is 0 Å². The number of hydrogen-bond donors (Lipinski definition) is 0. The van der Waals surface area contributed by atoms with Crippen molar-refractivity contribution in [2.45, 2.75) is 39.3 Å². The van der Waals surface area contributed by atoms with Crippen LogP contribution >= 0.6 is 0 Å². The predicted molar refractivity (Wildman–Crippen MR) is 52.6 cm³/mol. The van der Waals surface area contributed by atoms with Gasteiger partial charge in [-0.05, 0) is 0 Å². The van der Waals surface area contributed by atoms with E-state index in [-0.39, 0.29) is 6.61 Å². The highest BCUT2D eigenvalue weighted by Crippen LogP contribution is 2.22. The highest BCUT2D eigenvalue weighted by atomic mass is 16.7. The van der Waals surface area contributed by atoms with E-state index in [9.17, 15) is 14.4 Å². The van der Waals surface area contributed by atoms with E-state index in [2.05, 4.69) is 0 Å². The Balaban J connectivity index is 2.69. The SMILES string of the molecule is CC(=O)OC1COC(OC(C)=O)C1OC(C)=O. The van der Waals surface area contributed by atoms with E-state index in [1.54, 1.807) is 0 Å². The van der Waals surface area contributed by atoms with Crippen LogP contribution in [0, 0.1) is 0 Å². The Morgan fingerprint density at radius 1 is 0.941 bits per heavy atom. The lowest BCUT2D eigenvalue weighted by Crippen LogP contribution is -2.39. The van der Waals surface area contributed by atoms with Gasteiger partial charge >= 0.3 is 17.9 Å². The van der Waals surface area contributed by atoms with Gasteiger partial charge in [-0.1, -0.05) is 0 Å². The van der Waals surface area contributed by atoms with Crippen molar-refractivity contribution in [2.24, 2.45) is 0 Å². The molecule has 0 spiro atoms. The van der Waals surface area contributed by atoms with Gasteiger partial charge in [0.1, 0.15) is 0 Å². The Morgan fingerprint density at radius 3 is 1.94 bits per heavy atom. The zero-order chi connectivity index (χ0) is 13.0. The van der Waals surface area contributed by atoms with Crippen LogP contribution in [0.15, 0.2) is 0 Å². The molecule has 96 valence electrons. The first kappa shape index (κ1) is 13.4. The van der Waals surface area contributed by atoms with Crippen LogP contribution in [-0.2, 0) is 33.3 Å². The topological polar surface area (TPSA) is 88.1 Å². The van der Waals surface area contributed by atoms with Crippen molar-refractivity contribution >= 4 is 17.9 Å². The number of rotatable bonds is 3. The third kappa shape index (κ3) is 4.03. The normalized spacial score (nSPS) is 27.4. The van der Waals surface area contributed by atoms with E-state index in [1.165, 1.54) is 20.8 Å². The van der Waals surface area contributed by atoms with E-state index < -0.39 is 36.4 Å². The fourth-order valence-electron chi connectivity index (χ4n) is 1.46. The fourth-order valence-corrected chi connectivity index (χ4v) is 1.46. The van der Waals surface area contributed by atoms with Gasteiger partial charge in [-0.15, -0.1) is 0 Å². The predicted octanol–water partition coefficient (Wildman–Crippen LogP) is -0.231. The van der Waals surface area contributed by atoms with Gasteiger partial charge in [0.2, 0.25) is 12.4 Å². The van der Waals surface area contributed by atoms with Crippen LogP contribution in [0.3, 0.4) is 0 Å². The van der Waals surface area contributed by atoms with Crippen molar-refractivity contribution in [1.82, 2.24) is 0 Å². The Bertz CT molecular complexity index is 301. The van der Waals surface area contributed by atoms with Crippen LogP contribution in [0.1, 0.15) is 20.8 Å². The molecular weight excluding hydrogens is 232 g/mol. The van der Waals surface area contributed by atoms with Crippen molar-refractivity contribution in [3.8, 4) is 0 Å². The van der Waals surface area contributed by atoms with E-state index in [4.69, 9.17) is 18.9 Å². The molecule has 3 atom stereocenters. The van der Waals surface area contributed by atoms with Crippen molar-refractivity contribution in [3.05, 3.63) is 0 Å². The van der Waals surface area contributed by atoms with Gasteiger partial charge in [-0.3, -0.25) is 14.4 Å². The van der Waals surface area contributed by atoms with Gasteiger partial charge in [0.05, 0.1) is 6.61 Å². The summed E-state index contributed by atoms with van der Waals surface area (Å²) < 4.78 is 19.7. The molecule has 1 aliphatic rings. The minimum Gasteiger partial charge on any atom is -0.456 e. The summed E-state index contributed by atoms with van der Waals surface area (Å²) in [6, 6.07) is 0. The standard InChI is InChI=1S/C10H14O7/c1-5(11)15-8-4-14-10(17-7(3)13)9(8)16-6(2)12/h8-10H,4H2,1-3H3. The second kappa shape index (κ2) is 5.62.